The fourth-order valence-electron chi connectivity index (χ4n) is 6.57. The molecule has 0 aromatic rings. The van der Waals surface area contributed by atoms with Crippen LogP contribution in [0, 0.1) is 0 Å². The van der Waals surface area contributed by atoms with Gasteiger partial charge < -0.3 is 0 Å². The van der Waals surface area contributed by atoms with Crippen molar-refractivity contribution in [2.24, 2.45) is 0 Å². The molecule has 57 atom stereocenters. The number of hydrogen-bond donors (Lipinski definition) is 0. The molecule has 0 aromatic heterocycles. The van der Waals surface area contributed by atoms with E-state index >= 15 is 0 Å². The third-order valence-electron chi connectivity index (χ3n) is 9.42. The van der Waals surface area contributed by atoms with Crippen LogP contribution in [-0.4, -0.2) is 0 Å². The van der Waals surface area contributed by atoms with Gasteiger partial charge in [0.1, 0.15) is 0 Å². The second kappa shape index (κ2) is 82.9. The maximum Gasteiger partial charge on any atom is -0.000000210 e. The second-order valence-electron chi connectivity index (χ2n) is 17.0. The van der Waals surface area contributed by atoms with Gasteiger partial charge in [-0.2, -0.15) is 0 Å². The summed E-state index contributed by atoms with van der Waals surface area (Å²) in [4.78, 5) is 0. The van der Waals surface area contributed by atoms with Crippen LogP contribution in [0.15, 0.2) is 0 Å². The van der Waals surface area contributed by atoms with E-state index in [9.17, 15) is 0 Å². The maximum absolute atomic E-state index is 3.98. The quantitative estimate of drug-likeness (QED) is 0.0533. The second-order valence-corrected chi connectivity index (χ2v) is 458. The minimum Gasteiger partial charge on any atom is -0.102 e. The fourth-order valence-corrected chi connectivity index (χ4v) is 1600. The van der Waals surface area contributed by atoms with Gasteiger partial charge in [0, 0.05) is 0 Å². The van der Waals surface area contributed by atoms with E-state index in [0.29, 0.717) is 0 Å². The molecule has 0 saturated carbocycles. The van der Waals surface area contributed by atoms with Gasteiger partial charge in [0.25, 0.3) is 0 Å². The van der Waals surface area contributed by atoms with Gasteiger partial charge in [0.2, 0.25) is 0 Å². The largest absolute Gasteiger partial charge is 0.102 e. The monoisotopic (exact) mass is 3390 g/mol. The van der Waals surface area contributed by atoms with Gasteiger partial charge in [-0.25, -0.2) is 0 Å². The SMILES string of the molecule is PP(P)P(P(P)P)P(P(P)P)P(P(P(P(P)P)P(P)P)P(P(P)P)P(P)P)P(P(P(P(P)P)P(P)P)P(P(P)P)P(P)P)P(P(P(P(P(P)P)P(P)P)P(P(P)P)P(P)P)P(P(P(P)P)P(P)P)P(P(P)P)P(P)P)P(P(P(P(P)P)P(P)P)P(P(P)P)P(P)P)P(P(P(P)P)P(P)P)P(P(P)P)P(P)P. The highest BCUT2D eigenvalue weighted by atomic mass is 33.7. The number of hydrogen-bond acceptors (Lipinski definition) is 0. The Morgan fingerprint density at radius 1 is 0.0472 bits per heavy atom. The molecule has 0 spiro atoms. The molecule has 106 heteroatoms. The fraction of sp³-hybridized carbons (Fsp3) is 0. The topological polar surface area (TPSA) is 0 Å². The Bertz CT molecular complexity index is 1820. The predicted octanol–water partition coefficient (Wildman–Crippen LogP) is 62.4. The molecular formula is H108P106. The summed E-state index contributed by atoms with van der Waals surface area (Å²) in [5, 5.41) is 0. The van der Waals surface area contributed by atoms with Gasteiger partial charge >= 0.3 is 0 Å². The Balaban J connectivity index is 15.2. The van der Waals surface area contributed by atoms with Crippen molar-refractivity contribution in [3.8, 4) is 0 Å². The molecule has 0 aromatic carbocycles. The number of rotatable bonds is 51. The summed E-state index contributed by atoms with van der Waals surface area (Å²) in [5.41, 5.74) is 0. The van der Waals surface area contributed by atoms with Gasteiger partial charge in [-0.05, 0) is 363 Å². The van der Waals surface area contributed by atoms with Gasteiger partial charge in [-0.3, -0.25) is 0 Å². The van der Waals surface area contributed by atoms with E-state index in [-0.39, 0.29) is 0 Å². The molecule has 0 fully saturated rings. The van der Waals surface area contributed by atoms with Crippen LogP contribution in [0.4, 0.5) is 0 Å². The van der Waals surface area contributed by atoms with Crippen molar-refractivity contribution in [2.75, 3.05) is 0 Å². The van der Waals surface area contributed by atoms with Crippen LogP contribution in [0.2, 0.25) is 0 Å². The van der Waals surface area contributed by atoms with Crippen molar-refractivity contribution in [1.29, 1.82) is 0 Å². The van der Waals surface area contributed by atoms with Crippen LogP contribution in [0.3, 0.4) is 0 Å². The molecule has 0 bridgehead atoms. The molecule has 106 heavy (non-hydrogen) atoms. The first-order valence-corrected chi connectivity index (χ1v) is 217. The molecule has 0 N–H and O–H groups in total. The summed E-state index contributed by atoms with van der Waals surface area (Å²) in [5.74, 6) is 0. The third kappa shape index (κ3) is 53.0. The molecule has 0 rings (SSSR count). The highest BCUT2D eigenvalue weighted by Crippen LogP contribution is 3.55. The molecule has 57 unspecified atom stereocenters. The molecular weight excluding hydrogens is 3280 g/mol. The standard InChI is InChI=1S/H108P106/c1-55(2)82(56(3)4)95(81(53)54)102(96(83(57(5)6)58(7)8)84(59(9)10)60(11)12)105(101(93(77(45)46)78(47)48)94(79(49)50)80(51)52)106(103(97(85(61(13)14)62(15)16)86(63(17)18)64(19)20)98(87(65(21)22)66(23)24)88(67(25)26)68(27)28)104(99(89(69(29)30)70(31)32)90(71(33)34)72(35)36)100(91(73(37)38)74(39)40)92(75(41)42)76(43)44/h1-54H2. The lowest BCUT2D eigenvalue weighted by Crippen LogP contribution is -1.77. The van der Waals surface area contributed by atoms with E-state index < -0.39 is 363 Å². The van der Waals surface area contributed by atoms with E-state index in [0.717, 1.165) is 0 Å². The Morgan fingerprint density at radius 3 is 0.142 bits per heavy atom. The lowest BCUT2D eigenvalue weighted by Gasteiger charge is -2.64. The minimum absolute atomic E-state index is 0.409. The van der Waals surface area contributed by atoms with Gasteiger partial charge in [0.15, 0.2) is 0 Å². The van der Waals surface area contributed by atoms with E-state index in [2.05, 4.69) is 482 Å². The molecule has 0 aliphatic rings. The van der Waals surface area contributed by atoms with E-state index in [1.807, 2.05) is 0 Å². The molecule has 638 valence electrons. The Morgan fingerprint density at radius 2 is 0.0849 bits per heavy atom. The first kappa shape index (κ1) is 152. The Kier molecular flexibility index (Phi) is 119. The molecule has 0 heterocycles. The summed E-state index contributed by atoms with van der Waals surface area (Å²) in [7, 11) is 207. The highest BCUT2D eigenvalue weighted by Gasteiger charge is 2.68. The molecule has 0 amide bonds. The van der Waals surface area contributed by atoms with Crippen LogP contribution in [0.1, 0.15) is 0 Å². The molecule has 0 radical (unpaired) electrons. The van der Waals surface area contributed by atoms with E-state index in [4.69, 9.17) is 0 Å². The summed E-state index contributed by atoms with van der Waals surface area (Å²) >= 11 is 0. The van der Waals surface area contributed by atoms with Crippen LogP contribution < -0.4 is 0 Å². The maximum atomic E-state index is 3.98. The Labute approximate surface area is 831 Å². The van der Waals surface area contributed by atoms with Crippen molar-refractivity contribution in [2.45, 2.75) is 0 Å². The van der Waals surface area contributed by atoms with E-state index in [1.165, 1.54) is 0 Å². The first-order valence-electron chi connectivity index (χ1n) is 24.1. The Hall–Kier alpha value is 45.6. The van der Waals surface area contributed by atoms with Crippen molar-refractivity contribution in [3.05, 3.63) is 0 Å². The van der Waals surface area contributed by atoms with Crippen molar-refractivity contribution < 1.29 is 0 Å². The summed E-state index contributed by atoms with van der Waals surface area (Å²) < 4.78 is 0. The summed E-state index contributed by atoms with van der Waals surface area (Å²) in [6.45, 7) is -25.2. The van der Waals surface area contributed by atoms with Crippen LogP contribution >= 0.6 is 845 Å². The summed E-state index contributed by atoms with van der Waals surface area (Å²) in [6.07, 6.45) is 0. The lowest BCUT2D eigenvalue weighted by molar-refractivity contribution is 4.29. The predicted molar refractivity (Wildman–Crippen MR) is 884 cm³/mol. The van der Waals surface area contributed by atoms with Gasteiger partial charge in [-0.1, -0.05) is 0 Å². The van der Waals surface area contributed by atoms with Crippen LogP contribution in [0.5, 0.6) is 0 Å². The highest BCUT2D eigenvalue weighted by molar-refractivity contribution is 9.61. The van der Waals surface area contributed by atoms with Crippen LogP contribution in [0.25, 0.3) is 0 Å². The van der Waals surface area contributed by atoms with Crippen molar-refractivity contribution in [3.63, 3.8) is 0 Å². The third-order valence-corrected chi connectivity index (χ3v) is 763. The first-order chi connectivity index (χ1) is 48.2. The molecule has 0 aliphatic carbocycles. The zero-order valence-electron chi connectivity index (χ0n) is 54.4. The molecule has 0 nitrogen and oxygen atoms in total. The van der Waals surface area contributed by atoms with Gasteiger partial charge in [-0.15, -0.1) is 482 Å². The average Bonchev–Trinajstić information content (AvgIpc) is 3.42. The lowest BCUT2D eigenvalue weighted by atomic mass is 28.3. The van der Waals surface area contributed by atoms with Crippen LogP contribution in [-0.2, 0) is 0 Å². The van der Waals surface area contributed by atoms with Gasteiger partial charge in [0.05, 0.1) is 0 Å². The van der Waals surface area contributed by atoms with Crippen molar-refractivity contribution >= 4 is 845 Å². The normalized spacial score (nSPS) is 15.5. The van der Waals surface area contributed by atoms with E-state index in [1.54, 1.807) is 0 Å². The molecule has 0 aliphatic heterocycles. The zero-order chi connectivity index (χ0) is 84.0. The minimum atomic E-state index is -0.703. The van der Waals surface area contributed by atoms with Crippen molar-refractivity contribution in [1.82, 2.24) is 0 Å². The molecule has 0 saturated heterocycles. The summed E-state index contributed by atoms with van der Waals surface area (Å²) in [6, 6.07) is 0. The smallest absolute Gasteiger partial charge is 0.000000210 e. The average molecular weight is 3390 g/mol. The zero-order valence-corrected chi connectivity index (χ0v) is 163.